The van der Waals surface area contributed by atoms with Gasteiger partial charge in [-0.3, -0.25) is 10.1 Å². The molecule has 1 amide bonds. The maximum absolute atomic E-state index is 13.9. The molecule has 0 aliphatic heterocycles. The van der Waals surface area contributed by atoms with Crippen LogP contribution in [0.2, 0.25) is 0 Å². The summed E-state index contributed by atoms with van der Waals surface area (Å²) in [7, 11) is 0. The van der Waals surface area contributed by atoms with Gasteiger partial charge in [0.2, 0.25) is 5.95 Å². The van der Waals surface area contributed by atoms with Crippen LogP contribution in [-0.2, 0) is 6.54 Å². The molecule has 6 heteroatoms. The first-order chi connectivity index (χ1) is 12.1. The Labute approximate surface area is 143 Å². The van der Waals surface area contributed by atoms with Crippen LogP contribution in [0.4, 0.5) is 10.3 Å². The minimum Gasteiger partial charge on any atom is -0.448 e. The molecule has 2 aromatic carbocycles. The third kappa shape index (κ3) is 2.38. The molecule has 0 saturated carbocycles. The van der Waals surface area contributed by atoms with E-state index in [1.165, 1.54) is 6.07 Å². The summed E-state index contributed by atoms with van der Waals surface area (Å²) in [5.74, 6) is -0.401. The number of nitrogens with zero attached hydrogens (tertiary/aromatic N) is 2. The lowest BCUT2D eigenvalue weighted by Crippen LogP contribution is -2.16. The molecule has 0 bridgehead atoms. The van der Waals surface area contributed by atoms with Crippen LogP contribution in [0.15, 0.2) is 46.9 Å². The van der Waals surface area contributed by atoms with Crippen LogP contribution in [0.25, 0.3) is 22.0 Å². The quantitative estimate of drug-likeness (QED) is 0.599. The first kappa shape index (κ1) is 15.4. The largest absolute Gasteiger partial charge is 0.448 e. The normalized spacial score (nSPS) is 11.3. The Hall–Kier alpha value is -3.15. The van der Waals surface area contributed by atoms with Crippen molar-refractivity contribution in [2.75, 3.05) is 5.32 Å². The molecule has 0 radical (unpaired) electrons. The predicted octanol–water partition coefficient (Wildman–Crippen LogP) is 4.50. The Balaban J connectivity index is 1.76. The smallest absolute Gasteiger partial charge is 0.294 e. The molecule has 126 valence electrons. The van der Waals surface area contributed by atoms with Gasteiger partial charge in [0.05, 0.1) is 11.0 Å². The molecule has 2 heterocycles. The van der Waals surface area contributed by atoms with E-state index in [0.29, 0.717) is 23.4 Å². The average Bonchev–Trinajstić information content (AvgIpc) is 3.13. The number of amides is 1. The number of benzene rings is 2. The maximum Gasteiger partial charge on any atom is 0.294 e. The molecule has 2 aromatic heterocycles. The minimum atomic E-state index is -0.486. The van der Waals surface area contributed by atoms with E-state index in [9.17, 15) is 9.18 Å². The third-order valence-electron chi connectivity index (χ3n) is 4.32. The molecule has 0 saturated heterocycles. The highest BCUT2D eigenvalue weighted by Crippen LogP contribution is 2.28. The Bertz CT molecular complexity index is 1110. The summed E-state index contributed by atoms with van der Waals surface area (Å²) in [6.45, 7) is 4.37. The highest BCUT2D eigenvalue weighted by atomic mass is 19.1. The summed E-state index contributed by atoms with van der Waals surface area (Å²) >= 11 is 0. The van der Waals surface area contributed by atoms with Crippen molar-refractivity contribution in [3.63, 3.8) is 0 Å². The number of anilines is 1. The second-order valence-electron chi connectivity index (χ2n) is 5.80. The number of fused-ring (bicyclic) bond motifs is 2. The number of carbonyl (C=O) groups is 1. The van der Waals surface area contributed by atoms with Gasteiger partial charge in [-0.1, -0.05) is 24.3 Å². The molecule has 0 fully saturated rings. The zero-order valence-corrected chi connectivity index (χ0v) is 13.8. The van der Waals surface area contributed by atoms with Gasteiger partial charge in [-0.05, 0) is 32.0 Å². The molecule has 5 nitrogen and oxygen atoms in total. The lowest BCUT2D eigenvalue weighted by Gasteiger charge is -2.06. The molecule has 0 aliphatic carbocycles. The summed E-state index contributed by atoms with van der Waals surface area (Å²) in [6, 6.07) is 12.3. The second kappa shape index (κ2) is 5.73. The van der Waals surface area contributed by atoms with E-state index < -0.39 is 11.7 Å². The highest BCUT2D eigenvalue weighted by molar-refractivity contribution is 6.06. The SMILES string of the molecule is CCn1c(NC(=O)c2oc3c(F)cccc3c2C)nc2ccccc21. The number of halogens is 1. The van der Waals surface area contributed by atoms with Crippen molar-refractivity contribution in [1.82, 2.24) is 9.55 Å². The van der Waals surface area contributed by atoms with E-state index in [4.69, 9.17) is 4.42 Å². The van der Waals surface area contributed by atoms with Crippen molar-refractivity contribution < 1.29 is 13.6 Å². The Morgan fingerprint density at radius 1 is 1.24 bits per heavy atom. The van der Waals surface area contributed by atoms with E-state index in [1.54, 1.807) is 19.1 Å². The van der Waals surface area contributed by atoms with Crippen LogP contribution < -0.4 is 5.32 Å². The summed E-state index contributed by atoms with van der Waals surface area (Å²) in [4.78, 5) is 17.1. The molecule has 0 atom stereocenters. The monoisotopic (exact) mass is 337 g/mol. The Morgan fingerprint density at radius 2 is 2.04 bits per heavy atom. The van der Waals surface area contributed by atoms with E-state index in [-0.39, 0.29) is 11.3 Å². The molecule has 4 rings (SSSR count). The zero-order chi connectivity index (χ0) is 17.6. The minimum absolute atomic E-state index is 0.0918. The number of nitrogens with one attached hydrogen (secondary N) is 1. The van der Waals surface area contributed by atoms with E-state index in [2.05, 4.69) is 10.3 Å². The van der Waals surface area contributed by atoms with Crippen molar-refractivity contribution in [1.29, 1.82) is 0 Å². The van der Waals surface area contributed by atoms with Crippen LogP contribution in [0.1, 0.15) is 23.0 Å². The topological polar surface area (TPSA) is 60.1 Å². The van der Waals surface area contributed by atoms with E-state index >= 15 is 0 Å². The molecule has 1 N–H and O–H groups in total. The molecule has 4 aromatic rings. The Kier molecular flexibility index (Phi) is 3.53. The summed E-state index contributed by atoms with van der Waals surface area (Å²) in [6.07, 6.45) is 0. The predicted molar refractivity (Wildman–Crippen MR) is 94.3 cm³/mol. The van der Waals surface area contributed by atoms with Gasteiger partial charge in [0, 0.05) is 17.5 Å². The number of imidazole rings is 1. The number of para-hydroxylation sites is 3. The number of hydrogen-bond donors (Lipinski definition) is 1. The maximum atomic E-state index is 13.9. The second-order valence-corrected chi connectivity index (χ2v) is 5.80. The standard InChI is InChI=1S/C19H16FN3O2/c1-3-23-15-10-5-4-9-14(15)21-19(23)22-18(24)16-11(2)12-7-6-8-13(20)17(12)25-16/h4-10H,3H2,1-2H3,(H,21,22,24). The van der Waals surface area contributed by atoms with Crippen molar-refractivity contribution in [2.45, 2.75) is 20.4 Å². The fourth-order valence-corrected chi connectivity index (χ4v) is 3.07. The van der Waals surface area contributed by atoms with Crippen LogP contribution >= 0.6 is 0 Å². The van der Waals surface area contributed by atoms with Crippen LogP contribution in [0, 0.1) is 12.7 Å². The van der Waals surface area contributed by atoms with E-state index in [0.717, 1.165) is 11.0 Å². The fourth-order valence-electron chi connectivity index (χ4n) is 3.07. The van der Waals surface area contributed by atoms with Gasteiger partial charge in [-0.2, -0.15) is 0 Å². The first-order valence-electron chi connectivity index (χ1n) is 8.04. The van der Waals surface area contributed by atoms with Crippen LogP contribution in [-0.4, -0.2) is 15.5 Å². The molecule has 0 spiro atoms. The van der Waals surface area contributed by atoms with Gasteiger partial charge >= 0.3 is 0 Å². The van der Waals surface area contributed by atoms with Crippen molar-refractivity contribution in [3.05, 3.63) is 59.6 Å². The van der Waals surface area contributed by atoms with Crippen molar-refractivity contribution in [3.8, 4) is 0 Å². The van der Waals surface area contributed by atoms with Gasteiger partial charge in [-0.15, -0.1) is 0 Å². The third-order valence-corrected chi connectivity index (χ3v) is 4.32. The lowest BCUT2D eigenvalue weighted by molar-refractivity contribution is 0.0996. The van der Waals surface area contributed by atoms with Crippen LogP contribution in [0.5, 0.6) is 0 Å². The first-order valence-corrected chi connectivity index (χ1v) is 8.04. The number of hydrogen-bond acceptors (Lipinski definition) is 3. The van der Waals surface area contributed by atoms with Gasteiger partial charge in [-0.25, -0.2) is 9.37 Å². The summed E-state index contributed by atoms with van der Waals surface area (Å²) in [5.41, 5.74) is 2.43. The molecule has 0 unspecified atom stereocenters. The van der Waals surface area contributed by atoms with Gasteiger partial charge in [0.25, 0.3) is 5.91 Å². The van der Waals surface area contributed by atoms with Gasteiger partial charge in [0.1, 0.15) is 0 Å². The van der Waals surface area contributed by atoms with Crippen molar-refractivity contribution in [2.24, 2.45) is 0 Å². The fraction of sp³-hybridized carbons (Fsp3) is 0.158. The zero-order valence-electron chi connectivity index (χ0n) is 13.8. The molecule has 0 aliphatic rings. The van der Waals surface area contributed by atoms with Gasteiger partial charge < -0.3 is 8.98 Å². The Morgan fingerprint density at radius 3 is 2.80 bits per heavy atom. The summed E-state index contributed by atoms with van der Waals surface area (Å²) in [5, 5.41) is 3.38. The number of aryl methyl sites for hydroxylation is 2. The number of aromatic nitrogens is 2. The summed E-state index contributed by atoms with van der Waals surface area (Å²) < 4.78 is 21.3. The number of furan rings is 1. The average molecular weight is 337 g/mol. The molecular formula is C19H16FN3O2. The lowest BCUT2D eigenvalue weighted by atomic mass is 10.1. The van der Waals surface area contributed by atoms with Gasteiger partial charge in [0.15, 0.2) is 17.2 Å². The molecule has 25 heavy (non-hydrogen) atoms. The molecular weight excluding hydrogens is 321 g/mol. The number of rotatable bonds is 3. The number of carbonyl (C=O) groups excluding carboxylic acids is 1. The highest BCUT2D eigenvalue weighted by Gasteiger charge is 2.21. The van der Waals surface area contributed by atoms with Crippen LogP contribution in [0.3, 0.4) is 0 Å². The van der Waals surface area contributed by atoms with E-state index in [1.807, 2.05) is 35.8 Å². The van der Waals surface area contributed by atoms with Crippen molar-refractivity contribution >= 4 is 33.9 Å².